The van der Waals surface area contributed by atoms with Crippen LogP contribution in [0.1, 0.15) is 39.0 Å². The lowest BCUT2D eigenvalue weighted by atomic mass is 10.0. The zero-order chi connectivity index (χ0) is 13.5. The van der Waals surface area contributed by atoms with Gasteiger partial charge in [0.05, 0.1) is 19.3 Å². The molecule has 0 radical (unpaired) electrons. The van der Waals surface area contributed by atoms with Crippen LogP contribution in [-0.4, -0.2) is 24.4 Å². The minimum absolute atomic E-state index is 0.129. The summed E-state index contributed by atoms with van der Waals surface area (Å²) in [4.78, 5) is 0. The van der Waals surface area contributed by atoms with Crippen LogP contribution in [0.2, 0.25) is 0 Å². The number of hydrogen-bond acceptors (Lipinski definition) is 3. The molecule has 2 rings (SSSR count). The predicted octanol–water partition coefficient (Wildman–Crippen LogP) is 3.41. The molecule has 1 fully saturated rings. The highest BCUT2D eigenvalue weighted by atomic mass is 16.5. The first kappa shape index (κ1) is 14.2. The highest BCUT2D eigenvalue weighted by molar-refractivity contribution is 5.39. The van der Waals surface area contributed by atoms with E-state index in [1.165, 1.54) is 0 Å². The summed E-state index contributed by atoms with van der Waals surface area (Å²) >= 11 is 0. The van der Waals surface area contributed by atoms with Crippen molar-refractivity contribution in [3.05, 3.63) is 24.3 Å². The van der Waals surface area contributed by atoms with Crippen LogP contribution in [0.5, 0.6) is 11.5 Å². The molecule has 1 aromatic rings. The van der Waals surface area contributed by atoms with Crippen LogP contribution in [-0.2, 0) is 0 Å². The van der Waals surface area contributed by atoms with E-state index in [1.807, 2.05) is 24.3 Å². The monoisotopic (exact) mass is 264 g/mol. The highest BCUT2D eigenvalue weighted by Gasteiger charge is 2.24. The average molecular weight is 264 g/mol. The van der Waals surface area contributed by atoms with Gasteiger partial charge in [0.25, 0.3) is 0 Å². The maximum absolute atomic E-state index is 9.78. The fourth-order valence-electron chi connectivity index (χ4n) is 2.57. The molecule has 3 heteroatoms. The van der Waals surface area contributed by atoms with Crippen LogP contribution in [0, 0.1) is 5.92 Å². The summed E-state index contributed by atoms with van der Waals surface area (Å²) in [7, 11) is 0. The van der Waals surface area contributed by atoms with Crippen molar-refractivity contribution in [2.45, 2.75) is 45.1 Å². The van der Waals surface area contributed by atoms with Crippen molar-refractivity contribution in [1.29, 1.82) is 0 Å². The second-order valence-electron chi connectivity index (χ2n) is 5.19. The average Bonchev–Trinajstić information content (AvgIpc) is 2.83. The van der Waals surface area contributed by atoms with Crippen molar-refractivity contribution in [1.82, 2.24) is 0 Å². The van der Waals surface area contributed by atoms with E-state index in [0.717, 1.165) is 43.6 Å². The van der Waals surface area contributed by atoms with Gasteiger partial charge in [-0.25, -0.2) is 0 Å². The molecule has 19 heavy (non-hydrogen) atoms. The van der Waals surface area contributed by atoms with Crippen molar-refractivity contribution in [2.75, 3.05) is 13.2 Å². The fraction of sp³-hybridized carbons (Fsp3) is 0.625. The zero-order valence-electron chi connectivity index (χ0n) is 11.7. The Balaban J connectivity index is 1.81. The lowest BCUT2D eigenvalue weighted by molar-refractivity contribution is 0.116. The van der Waals surface area contributed by atoms with Gasteiger partial charge in [-0.05, 0) is 43.7 Å². The van der Waals surface area contributed by atoms with E-state index < -0.39 is 0 Å². The van der Waals surface area contributed by atoms with Gasteiger partial charge in [0.15, 0.2) is 11.5 Å². The number of hydrogen-bond donors (Lipinski definition) is 1. The Morgan fingerprint density at radius 2 is 1.79 bits per heavy atom. The van der Waals surface area contributed by atoms with E-state index >= 15 is 0 Å². The van der Waals surface area contributed by atoms with Gasteiger partial charge in [-0.3, -0.25) is 0 Å². The summed E-state index contributed by atoms with van der Waals surface area (Å²) < 4.78 is 11.5. The van der Waals surface area contributed by atoms with E-state index in [1.54, 1.807) is 0 Å². The maximum Gasteiger partial charge on any atom is 0.161 e. The molecule has 1 saturated carbocycles. The maximum atomic E-state index is 9.78. The SMILES string of the molecule is CCCOc1ccccc1OCCC1CCCC1O. The largest absolute Gasteiger partial charge is 0.490 e. The molecular formula is C16H24O3. The van der Waals surface area contributed by atoms with Gasteiger partial charge in [0.2, 0.25) is 0 Å². The zero-order valence-corrected chi connectivity index (χ0v) is 11.7. The number of rotatable bonds is 7. The molecule has 1 aromatic carbocycles. The van der Waals surface area contributed by atoms with Gasteiger partial charge in [0, 0.05) is 0 Å². The fourth-order valence-corrected chi connectivity index (χ4v) is 2.57. The van der Waals surface area contributed by atoms with E-state index in [0.29, 0.717) is 19.1 Å². The van der Waals surface area contributed by atoms with Crippen molar-refractivity contribution in [3.63, 3.8) is 0 Å². The molecule has 0 bridgehead atoms. The van der Waals surface area contributed by atoms with Gasteiger partial charge in [0.1, 0.15) is 0 Å². The standard InChI is InChI=1S/C16H24O3/c1-2-11-18-15-8-3-4-9-16(15)19-12-10-13-6-5-7-14(13)17/h3-4,8-9,13-14,17H,2,5-7,10-12H2,1H3. The number of aliphatic hydroxyl groups excluding tert-OH is 1. The van der Waals surface area contributed by atoms with Gasteiger partial charge >= 0.3 is 0 Å². The van der Waals surface area contributed by atoms with Crippen LogP contribution in [0.25, 0.3) is 0 Å². The summed E-state index contributed by atoms with van der Waals surface area (Å²) in [5.74, 6) is 2.03. The molecular weight excluding hydrogens is 240 g/mol. The van der Waals surface area contributed by atoms with Crippen molar-refractivity contribution < 1.29 is 14.6 Å². The summed E-state index contributed by atoms with van der Waals surface area (Å²) in [6, 6.07) is 7.79. The van der Waals surface area contributed by atoms with E-state index in [-0.39, 0.29) is 6.10 Å². The van der Waals surface area contributed by atoms with Crippen molar-refractivity contribution >= 4 is 0 Å². The molecule has 106 valence electrons. The molecule has 1 aliphatic rings. The number of benzene rings is 1. The smallest absolute Gasteiger partial charge is 0.161 e. The summed E-state index contributed by atoms with van der Waals surface area (Å²) in [5.41, 5.74) is 0. The third-order valence-electron chi connectivity index (χ3n) is 3.68. The third kappa shape index (κ3) is 4.13. The Morgan fingerprint density at radius 1 is 1.11 bits per heavy atom. The van der Waals surface area contributed by atoms with Crippen LogP contribution in [0.3, 0.4) is 0 Å². The Bertz CT molecular complexity index is 378. The first-order chi connectivity index (χ1) is 9.31. The molecule has 1 aliphatic carbocycles. The van der Waals surface area contributed by atoms with Crippen molar-refractivity contribution in [3.8, 4) is 11.5 Å². The summed E-state index contributed by atoms with van der Waals surface area (Å²) in [6.07, 6.45) is 4.99. The van der Waals surface area contributed by atoms with E-state index in [2.05, 4.69) is 6.92 Å². The Hall–Kier alpha value is -1.22. The molecule has 2 unspecified atom stereocenters. The quantitative estimate of drug-likeness (QED) is 0.820. The number of para-hydroxylation sites is 2. The number of ether oxygens (including phenoxy) is 2. The number of aliphatic hydroxyl groups is 1. The lowest BCUT2D eigenvalue weighted by Gasteiger charge is -2.16. The molecule has 1 N–H and O–H groups in total. The van der Waals surface area contributed by atoms with Crippen LogP contribution >= 0.6 is 0 Å². The molecule has 2 atom stereocenters. The predicted molar refractivity (Wildman–Crippen MR) is 75.7 cm³/mol. The van der Waals surface area contributed by atoms with E-state index in [9.17, 15) is 5.11 Å². The van der Waals surface area contributed by atoms with Crippen molar-refractivity contribution in [2.24, 2.45) is 5.92 Å². The molecule has 0 aliphatic heterocycles. The van der Waals surface area contributed by atoms with Crippen LogP contribution in [0.15, 0.2) is 24.3 Å². The molecule has 0 saturated heterocycles. The Morgan fingerprint density at radius 3 is 2.37 bits per heavy atom. The van der Waals surface area contributed by atoms with Gasteiger partial charge in [-0.1, -0.05) is 25.5 Å². The second-order valence-corrected chi connectivity index (χ2v) is 5.19. The highest BCUT2D eigenvalue weighted by Crippen LogP contribution is 2.30. The first-order valence-electron chi connectivity index (χ1n) is 7.34. The molecule has 0 heterocycles. The Kier molecular flexibility index (Phi) is 5.52. The minimum Gasteiger partial charge on any atom is -0.490 e. The molecule has 0 spiro atoms. The van der Waals surface area contributed by atoms with Gasteiger partial charge in [-0.15, -0.1) is 0 Å². The third-order valence-corrected chi connectivity index (χ3v) is 3.68. The topological polar surface area (TPSA) is 38.7 Å². The van der Waals surface area contributed by atoms with Gasteiger partial charge < -0.3 is 14.6 Å². The molecule has 3 nitrogen and oxygen atoms in total. The first-order valence-corrected chi connectivity index (χ1v) is 7.34. The van der Waals surface area contributed by atoms with Crippen LogP contribution < -0.4 is 9.47 Å². The molecule has 0 amide bonds. The normalized spacial score (nSPS) is 22.4. The second kappa shape index (κ2) is 7.39. The summed E-state index contributed by atoms with van der Waals surface area (Å²) in [6.45, 7) is 3.45. The van der Waals surface area contributed by atoms with Crippen LogP contribution in [0.4, 0.5) is 0 Å². The van der Waals surface area contributed by atoms with Gasteiger partial charge in [-0.2, -0.15) is 0 Å². The lowest BCUT2D eigenvalue weighted by Crippen LogP contribution is -2.16. The Labute approximate surface area is 115 Å². The van der Waals surface area contributed by atoms with E-state index in [4.69, 9.17) is 9.47 Å². The summed E-state index contributed by atoms with van der Waals surface area (Å²) in [5, 5.41) is 9.78. The minimum atomic E-state index is -0.129. The molecule has 0 aromatic heterocycles.